The molecule has 2 aromatic carbocycles. The second-order valence-corrected chi connectivity index (χ2v) is 7.04. The van der Waals surface area contributed by atoms with Crippen molar-refractivity contribution in [1.29, 1.82) is 0 Å². The number of non-ortho nitro benzene ring substituents is 1. The third-order valence-corrected chi connectivity index (χ3v) is 4.45. The Balaban J connectivity index is 2.27. The Hall–Kier alpha value is -3.13. The molecule has 1 unspecified atom stereocenters. The molecule has 28 heavy (non-hydrogen) atoms. The van der Waals surface area contributed by atoms with Crippen molar-refractivity contribution >= 4 is 33.2 Å². The van der Waals surface area contributed by atoms with Gasteiger partial charge in [-0.15, -0.1) is 0 Å². The number of fused-ring (bicyclic) bond motifs is 2. The molecular formula is C20H24N4O4. The monoisotopic (exact) mass is 384 g/mol. The van der Waals surface area contributed by atoms with Gasteiger partial charge in [-0.2, -0.15) is 0 Å². The highest BCUT2D eigenvalue weighted by molar-refractivity contribution is 6.03. The molecule has 0 aliphatic heterocycles. The molecule has 2 N–H and O–H groups in total. The number of rotatable bonds is 7. The molecule has 0 aliphatic rings. The lowest BCUT2D eigenvalue weighted by Crippen LogP contribution is -2.30. The molecule has 8 nitrogen and oxygen atoms in total. The molecule has 0 radical (unpaired) electrons. The summed E-state index contributed by atoms with van der Waals surface area (Å²) in [7, 11) is 3.92. The number of likely N-dealkylation sites (N-methyl/N-ethyl adjacent to an activating group) is 1. The van der Waals surface area contributed by atoms with E-state index in [4.69, 9.17) is 4.74 Å². The summed E-state index contributed by atoms with van der Waals surface area (Å²) in [6, 6.07) is 8.18. The highest BCUT2D eigenvalue weighted by atomic mass is 16.6. The van der Waals surface area contributed by atoms with Crippen LogP contribution in [0.2, 0.25) is 0 Å². The van der Waals surface area contributed by atoms with Gasteiger partial charge in [0.2, 0.25) is 0 Å². The number of nitro groups is 1. The normalized spacial score (nSPS) is 12.5. The molecule has 0 fully saturated rings. The minimum atomic E-state index is -0.480. The van der Waals surface area contributed by atoms with Gasteiger partial charge in [-0.3, -0.25) is 14.9 Å². The van der Waals surface area contributed by atoms with Crippen LogP contribution in [0.15, 0.2) is 35.1 Å². The summed E-state index contributed by atoms with van der Waals surface area (Å²) in [5.74, 6) is 0.584. The van der Waals surface area contributed by atoms with Crippen LogP contribution >= 0.6 is 0 Å². The molecule has 3 aromatic rings. The predicted octanol–water partition coefficient (Wildman–Crippen LogP) is 3.35. The highest BCUT2D eigenvalue weighted by Crippen LogP contribution is 2.31. The maximum Gasteiger partial charge on any atom is 0.293 e. The van der Waals surface area contributed by atoms with Crippen LogP contribution in [-0.4, -0.2) is 48.1 Å². The number of H-pyrrole nitrogens is 1. The molecule has 0 spiro atoms. The van der Waals surface area contributed by atoms with Gasteiger partial charge in [-0.05, 0) is 52.2 Å². The van der Waals surface area contributed by atoms with Crippen molar-refractivity contribution in [2.75, 3.05) is 32.6 Å². The van der Waals surface area contributed by atoms with Gasteiger partial charge in [-0.1, -0.05) is 0 Å². The van der Waals surface area contributed by atoms with Gasteiger partial charge in [0.05, 0.1) is 22.4 Å². The predicted molar refractivity (Wildman–Crippen MR) is 112 cm³/mol. The summed E-state index contributed by atoms with van der Waals surface area (Å²) in [5, 5.41) is 15.5. The van der Waals surface area contributed by atoms with Crippen LogP contribution in [0.5, 0.6) is 5.75 Å². The first kappa shape index (κ1) is 19.6. The molecule has 0 saturated heterocycles. The minimum Gasteiger partial charge on any atom is -0.494 e. The molecule has 8 heteroatoms. The van der Waals surface area contributed by atoms with Crippen molar-refractivity contribution in [2.24, 2.45) is 0 Å². The van der Waals surface area contributed by atoms with Crippen LogP contribution in [0, 0.1) is 10.1 Å². The summed E-state index contributed by atoms with van der Waals surface area (Å²) >= 11 is 0. The van der Waals surface area contributed by atoms with Crippen LogP contribution in [0.3, 0.4) is 0 Å². The van der Waals surface area contributed by atoms with E-state index in [0.29, 0.717) is 28.9 Å². The van der Waals surface area contributed by atoms with Gasteiger partial charge in [-0.25, -0.2) is 0 Å². The molecule has 3 rings (SSSR count). The Kier molecular flexibility index (Phi) is 5.51. The number of aromatic nitrogens is 1. The smallest absolute Gasteiger partial charge is 0.293 e. The number of pyridine rings is 1. The Morgan fingerprint density at radius 2 is 2.04 bits per heavy atom. The Bertz CT molecular complexity index is 1090. The lowest BCUT2D eigenvalue weighted by atomic mass is 10.1. The quantitative estimate of drug-likeness (QED) is 0.368. The molecule has 1 heterocycles. The minimum absolute atomic E-state index is 0.0458. The number of benzene rings is 2. The average molecular weight is 384 g/mol. The third kappa shape index (κ3) is 3.77. The summed E-state index contributed by atoms with van der Waals surface area (Å²) in [6.07, 6.45) is 0. The molecule has 1 atom stereocenters. The fourth-order valence-electron chi connectivity index (χ4n) is 3.43. The first-order valence-corrected chi connectivity index (χ1v) is 9.13. The SMILES string of the molecule is CCOc1ccc2[nH]c3c([N+](=O)[O-])ccc(NC(C)CN(C)C)c3c(=O)c2c1. The van der Waals surface area contributed by atoms with Crippen LogP contribution in [0.25, 0.3) is 21.8 Å². The van der Waals surface area contributed by atoms with Crippen LogP contribution < -0.4 is 15.5 Å². The standard InChI is InChI=1S/C20H24N4O4/c1-5-28-13-6-7-15-14(10-13)20(25)18-16(21-12(2)11-23(3)4)8-9-17(24(26)27)19(18)22-15/h6-10,12,21H,5,11H2,1-4H3,(H,22,25). The van der Waals surface area contributed by atoms with E-state index in [0.717, 1.165) is 6.54 Å². The van der Waals surface area contributed by atoms with Gasteiger partial charge in [0.15, 0.2) is 5.43 Å². The zero-order valence-corrected chi connectivity index (χ0v) is 16.4. The first-order chi connectivity index (χ1) is 13.3. The molecule has 1 aromatic heterocycles. The van der Waals surface area contributed by atoms with E-state index < -0.39 is 4.92 Å². The number of nitrogens with one attached hydrogen (secondary N) is 2. The van der Waals surface area contributed by atoms with E-state index in [1.165, 1.54) is 6.07 Å². The molecule has 148 valence electrons. The van der Waals surface area contributed by atoms with Crippen LogP contribution in [-0.2, 0) is 0 Å². The van der Waals surface area contributed by atoms with E-state index >= 15 is 0 Å². The zero-order chi connectivity index (χ0) is 20.4. The van der Waals surface area contributed by atoms with E-state index in [2.05, 4.69) is 10.3 Å². The van der Waals surface area contributed by atoms with Gasteiger partial charge in [0.25, 0.3) is 5.69 Å². The van der Waals surface area contributed by atoms with Crippen molar-refractivity contribution in [3.63, 3.8) is 0 Å². The fourth-order valence-corrected chi connectivity index (χ4v) is 3.43. The summed E-state index contributed by atoms with van der Waals surface area (Å²) in [6.45, 7) is 5.10. The summed E-state index contributed by atoms with van der Waals surface area (Å²) in [5.41, 5.74) is 0.915. The summed E-state index contributed by atoms with van der Waals surface area (Å²) in [4.78, 5) is 29.4. The van der Waals surface area contributed by atoms with Crippen molar-refractivity contribution in [3.05, 3.63) is 50.7 Å². The number of nitro benzene ring substituents is 1. The van der Waals surface area contributed by atoms with Crippen molar-refractivity contribution in [3.8, 4) is 5.75 Å². The maximum atomic E-state index is 13.3. The van der Waals surface area contributed by atoms with Crippen molar-refractivity contribution in [2.45, 2.75) is 19.9 Å². The number of hydrogen-bond donors (Lipinski definition) is 2. The Morgan fingerprint density at radius 1 is 1.29 bits per heavy atom. The third-order valence-electron chi connectivity index (χ3n) is 4.45. The second kappa shape index (κ2) is 7.85. The number of anilines is 1. The Morgan fingerprint density at radius 3 is 2.68 bits per heavy atom. The Labute approximate surface area is 162 Å². The van der Waals surface area contributed by atoms with Gasteiger partial charge >= 0.3 is 0 Å². The maximum absolute atomic E-state index is 13.3. The lowest BCUT2D eigenvalue weighted by Gasteiger charge is -2.20. The second-order valence-electron chi connectivity index (χ2n) is 7.04. The van der Waals surface area contributed by atoms with Crippen molar-refractivity contribution < 1.29 is 9.66 Å². The molecule has 0 bridgehead atoms. The average Bonchev–Trinajstić information content (AvgIpc) is 2.61. The largest absolute Gasteiger partial charge is 0.494 e. The van der Waals surface area contributed by atoms with Crippen molar-refractivity contribution in [1.82, 2.24) is 9.88 Å². The highest BCUT2D eigenvalue weighted by Gasteiger charge is 2.20. The van der Waals surface area contributed by atoms with Gasteiger partial charge in [0.1, 0.15) is 11.3 Å². The first-order valence-electron chi connectivity index (χ1n) is 9.13. The summed E-state index contributed by atoms with van der Waals surface area (Å²) < 4.78 is 5.50. The molecule has 0 saturated carbocycles. The van der Waals surface area contributed by atoms with E-state index in [1.807, 2.05) is 32.8 Å². The number of hydrogen-bond acceptors (Lipinski definition) is 6. The molecular weight excluding hydrogens is 360 g/mol. The molecule has 0 amide bonds. The van der Waals surface area contributed by atoms with E-state index in [1.54, 1.807) is 24.3 Å². The topological polar surface area (TPSA) is 100 Å². The van der Waals surface area contributed by atoms with E-state index in [9.17, 15) is 14.9 Å². The fraction of sp³-hybridized carbons (Fsp3) is 0.350. The lowest BCUT2D eigenvalue weighted by molar-refractivity contribution is -0.383. The number of nitrogens with zero attached hydrogens (tertiary/aromatic N) is 2. The number of ether oxygens (including phenoxy) is 1. The van der Waals surface area contributed by atoms with Gasteiger partial charge < -0.3 is 19.9 Å². The van der Waals surface area contributed by atoms with E-state index in [-0.39, 0.29) is 28.1 Å². The van der Waals surface area contributed by atoms with Crippen LogP contribution in [0.1, 0.15) is 13.8 Å². The molecule has 0 aliphatic carbocycles. The number of aromatic amines is 1. The van der Waals surface area contributed by atoms with Gasteiger partial charge in [0, 0.05) is 29.7 Å². The van der Waals surface area contributed by atoms with Crippen LogP contribution in [0.4, 0.5) is 11.4 Å². The zero-order valence-electron chi connectivity index (χ0n) is 16.4.